The Labute approximate surface area is 212 Å². The molecule has 0 aliphatic carbocycles. The molecule has 2 aliphatic rings. The van der Waals surface area contributed by atoms with Gasteiger partial charge in [0.2, 0.25) is 6.35 Å². The maximum Gasteiger partial charge on any atom is 0.323 e. The summed E-state index contributed by atoms with van der Waals surface area (Å²) in [5.74, 6) is -0.297. The monoisotopic (exact) mass is 496 g/mol. The number of aliphatic hydroxyl groups excluding tert-OH is 1. The minimum Gasteiger partial charge on any atom is -0.388 e. The number of anilines is 4. The van der Waals surface area contributed by atoms with Crippen molar-refractivity contribution in [3.8, 4) is 0 Å². The van der Waals surface area contributed by atoms with E-state index in [1.54, 1.807) is 31.4 Å². The predicted molar refractivity (Wildman–Crippen MR) is 142 cm³/mol. The van der Waals surface area contributed by atoms with Gasteiger partial charge < -0.3 is 35.6 Å². The van der Waals surface area contributed by atoms with Crippen LogP contribution in [0, 0.1) is 0 Å². The van der Waals surface area contributed by atoms with Crippen LogP contribution in [0.25, 0.3) is 0 Å². The average Bonchev–Trinajstić information content (AvgIpc) is 2.89. The van der Waals surface area contributed by atoms with E-state index >= 15 is 0 Å². The normalized spacial score (nSPS) is 18.1. The van der Waals surface area contributed by atoms with Gasteiger partial charge in [0.15, 0.2) is 0 Å². The van der Waals surface area contributed by atoms with Crippen LogP contribution in [-0.4, -0.2) is 86.7 Å². The lowest BCUT2D eigenvalue weighted by Gasteiger charge is -2.43. The minimum atomic E-state index is -1.08. The number of nitrogens with one attached hydrogen (secondary N) is 3. The highest BCUT2D eigenvalue weighted by atomic mass is 16.5. The van der Waals surface area contributed by atoms with E-state index in [4.69, 9.17) is 4.74 Å². The van der Waals surface area contributed by atoms with Crippen molar-refractivity contribution in [2.45, 2.75) is 25.6 Å². The summed E-state index contributed by atoms with van der Waals surface area (Å²) in [6.45, 7) is 4.06. The van der Waals surface area contributed by atoms with Crippen LogP contribution < -0.4 is 20.9 Å². The van der Waals surface area contributed by atoms with Crippen LogP contribution in [0.3, 0.4) is 0 Å². The van der Waals surface area contributed by atoms with Crippen molar-refractivity contribution >= 4 is 34.7 Å². The molecule has 4 N–H and O–H groups in total. The molecule has 0 saturated carbocycles. The fraction of sp³-hybridized carbons (Fsp3) is 0.462. The Bertz CT molecular complexity index is 1060. The number of hydrogen-bond donors (Lipinski definition) is 4. The van der Waals surface area contributed by atoms with Crippen LogP contribution >= 0.6 is 0 Å². The highest BCUT2D eigenvalue weighted by molar-refractivity contribution is 6.05. The topological polar surface area (TPSA) is 109 Å². The smallest absolute Gasteiger partial charge is 0.323 e. The molecule has 0 radical (unpaired) electrons. The second kappa shape index (κ2) is 12.1. The van der Waals surface area contributed by atoms with Gasteiger partial charge in [0.25, 0.3) is 5.91 Å². The van der Waals surface area contributed by atoms with Crippen LogP contribution in [0.5, 0.6) is 0 Å². The van der Waals surface area contributed by atoms with Crippen molar-refractivity contribution < 1.29 is 19.4 Å². The van der Waals surface area contributed by atoms with Gasteiger partial charge in [-0.3, -0.25) is 9.69 Å². The zero-order chi connectivity index (χ0) is 25.5. The number of amides is 3. The Balaban J connectivity index is 1.52. The largest absolute Gasteiger partial charge is 0.388 e. The molecule has 2 aromatic carbocycles. The molecule has 10 nitrogen and oxygen atoms in total. The van der Waals surface area contributed by atoms with Gasteiger partial charge >= 0.3 is 6.03 Å². The van der Waals surface area contributed by atoms with E-state index in [2.05, 4.69) is 20.9 Å². The number of rotatable bonds is 9. The third-order valence-corrected chi connectivity index (χ3v) is 6.66. The highest BCUT2D eigenvalue weighted by Gasteiger charge is 2.36. The zero-order valence-corrected chi connectivity index (χ0v) is 21.0. The summed E-state index contributed by atoms with van der Waals surface area (Å²) in [5.41, 5.74) is 3.11. The van der Waals surface area contributed by atoms with Gasteiger partial charge in [0, 0.05) is 50.9 Å². The average molecular weight is 497 g/mol. The second-order valence-electron chi connectivity index (χ2n) is 9.08. The summed E-state index contributed by atoms with van der Waals surface area (Å²) in [6, 6.07) is 12.2. The molecule has 1 fully saturated rings. The summed E-state index contributed by atoms with van der Waals surface area (Å²) in [6.07, 6.45) is 2.56. The summed E-state index contributed by atoms with van der Waals surface area (Å²) < 4.78 is 5.17. The molecule has 10 heteroatoms. The Morgan fingerprint density at radius 1 is 0.972 bits per heavy atom. The van der Waals surface area contributed by atoms with E-state index < -0.39 is 12.4 Å². The Kier molecular flexibility index (Phi) is 8.63. The minimum absolute atomic E-state index is 0.260. The summed E-state index contributed by atoms with van der Waals surface area (Å²) in [5, 5.41) is 19.8. The summed E-state index contributed by atoms with van der Waals surface area (Å²) in [4.78, 5) is 31.6. The molecule has 0 aromatic heterocycles. The molecule has 4 rings (SSSR count). The Morgan fingerprint density at radius 3 is 2.42 bits per heavy atom. The van der Waals surface area contributed by atoms with Crippen molar-refractivity contribution in [2.75, 3.05) is 74.3 Å². The van der Waals surface area contributed by atoms with Gasteiger partial charge in [0.05, 0.1) is 17.9 Å². The molecule has 2 aliphatic heterocycles. The Morgan fingerprint density at radius 2 is 1.69 bits per heavy atom. The first-order valence-corrected chi connectivity index (χ1v) is 12.5. The Hall–Kier alpha value is -3.34. The SMILES string of the molecule is CNc1cccc(NC(=O)Nc2ccc3c(c2)C(=O)N(CCOC)C(O)N3CCN2CCCCC2)c1. The quantitative estimate of drug-likeness (QED) is 0.423. The number of nitrogens with zero attached hydrogens (tertiary/aromatic N) is 3. The predicted octanol–water partition coefficient (Wildman–Crippen LogP) is 3.04. The molecule has 2 aromatic rings. The standard InChI is InChI=1S/C26H36N6O4/c1-27-19-7-6-8-20(17-19)28-25(34)29-21-9-10-23-22(18-21)24(33)32(15-16-36-2)26(35)31(23)14-13-30-11-4-3-5-12-30/h6-10,17-18,26-27,35H,3-5,11-16H2,1-2H3,(H2,28,29,34). The van der Waals surface area contributed by atoms with Gasteiger partial charge in [-0.05, 0) is 62.3 Å². The van der Waals surface area contributed by atoms with Crippen molar-refractivity contribution in [3.05, 3.63) is 48.0 Å². The molecule has 1 atom stereocenters. The van der Waals surface area contributed by atoms with Gasteiger partial charge in [0.1, 0.15) is 0 Å². The van der Waals surface area contributed by atoms with Gasteiger partial charge in [-0.15, -0.1) is 0 Å². The molecule has 2 heterocycles. The molecule has 3 amide bonds. The maximum absolute atomic E-state index is 13.3. The van der Waals surface area contributed by atoms with Gasteiger partial charge in [-0.2, -0.15) is 0 Å². The summed E-state index contributed by atoms with van der Waals surface area (Å²) in [7, 11) is 3.38. The number of benzene rings is 2. The van der Waals surface area contributed by atoms with Crippen molar-refractivity contribution in [3.63, 3.8) is 0 Å². The first-order chi connectivity index (χ1) is 17.5. The van der Waals surface area contributed by atoms with Crippen molar-refractivity contribution in [1.82, 2.24) is 9.80 Å². The lowest BCUT2D eigenvalue weighted by molar-refractivity contribution is -0.00839. The fourth-order valence-electron chi connectivity index (χ4n) is 4.71. The van der Waals surface area contributed by atoms with Crippen LogP contribution in [0.4, 0.5) is 27.5 Å². The van der Waals surface area contributed by atoms with E-state index in [9.17, 15) is 14.7 Å². The van der Waals surface area contributed by atoms with E-state index in [1.165, 1.54) is 24.2 Å². The number of ether oxygens (including phenoxy) is 1. The first kappa shape index (κ1) is 25.7. The van der Waals surface area contributed by atoms with Crippen LogP contribution in [0.15, 0.2) is 42.5 Å². The molecule has 1 unspecified atom stereocenters. The summed E-state index contributed by atoms with van der Waals surface area (Å²) >= 11 is 0. The molecular formula is C26H36N6O4. The number of fused-ring (bicyclic) bond motifs is 1. The van der Waals surface area contributed by atoms with Crippen LogP contribution in [0.2, 0.25) is 0 Å². The number of urea groups is 1. The van der Waals surface area contributed by atoms with Crippen molar-refractivity contribution in [1.29, 1.82) is 0 Å². The van der Waals surface area contributed by atoms with E-state index in [1.807, 2.05) is 30.1 Å². The fourth-order valence-corrected chi connectivity index (χ4v) is 4.71. The molecular weight excluding hydrogens is 460 g/mol. The number of likely N-dealkylation sites (tertiary alicyclic amines) is 1. The maximum atomic E-state index is 13.3. The van der Waals surface area contributed by atoms with Gasteiger partial charge in [-0.1, -0.05) is 12.5 Å². The third-order valence-electron chi connectivity index (χ3n) is 6.66. The lowest BCUT2D eigenvalue weighted by atomic mass is 10.1. The van der Waals surface area contributed by atoms with Crippen LogP contribution in [0.1, 0.15) is 29.6 Å². The second-order valence-corrected chi connectivity index (χ2v) is 9.08. The van der Waals surface area contributed by atoms with Crippen molar-refractivity contribution in [2.24, 2.45) is 0 Å². The van der Waals surface area contributed by atoms with E-state index in [0.717, 1.165) is 25.3 Å². The number of hydrogen-bond acceptors (Lipinski definition) is 7. The zero-order valence-electron chi connectivity index (χ0n) is 21.0. The van der Waals surface area contributed by atoms with Crippen LogP contribution in [-0.2, 0) is 4.74 Å². The third kappa shape index (κ3) is 6.07. The van der Waals surface area contributed by atoms with Gasteiger partial charge in [-0.25, -0.2) is 4.79 Å². The molecule has 0 bridgehead atoms. The lowest BCUT2D eigenvalue weighted by Crippen LogP contribution is -2.57. The molecule has 0 spiro atoms. The number of carbonyl (C=O) groups excluding carboxylic acids is 2. The molecule has 194 valence electrons. The number of carbonyl (C=O) groups is 2. The van der Waals surface area contributed by atoms with E-state index in [0.29, 0.717) is 35.8 Å². The number of piperidine rings is 1. The number of aliphatic hydroxyl groups is 1. The molecule has 1 saturated heterocycles. The van der Waals surface area contributed by atoms with E-state index in [-0.39, 0.29) is 12.5 Å². The number of methoxy groups -OCH3 is 1. The molecule has 36 heavy (non-hydrogen) atoms. The highest BCUT2D eigenvalue weighted by Crippen LogP contribution is 2.32. The first-order valence-electron chi connectivity index (χ1n) is 12.5.